The zero-order chi connectivity index (χ0) is 15.1. The fourth-order valence-electron chi connectivity index (χ4n) is 2.07. The number of rotatable bonds is 4. The van der Waals surface area contributed by atoms with Crippen LogP contribution >= 0.6 is 11.6 Å². The maximum Gasteiger partial charge on any atom is 0.153 e. The maximum absolute atomic E-state index is 13.8. The lowest BCUT2D eigenvalue weighted by Crippen LogP contribution is -2.26. The van der Waals surface area contributed by atoms with Crippen LogP contribution in [0.1, 0.15) is 33.5 Å². The predicted octanol–water partition coefficient (Wildman–Crippen LogP) is 4.74. The molecule has 2 aromatic rings. The Labute approximate surface area is 122 Å². The van der Waals surface area contributed by atoms with Crippen LogP contribution in [-0.4, -0.2) is 9.55 Å². The Morgan fingerprint density at radius 1 is 1.30 bits per heavy atom. The molecule has 0 spiro atoms. The maximum atomic E-state index is 13.8. The molecule has 20 heavy (non-hydrogen) atoms. The summed E-state index contributed by atoms with van der Waals surface area (Å²) in [6.45, 7) is 9.11. The fraction of sp³-hybridized carbons (Fsp3) is 0.533. The van der Waals surface area contributed by atoms with E-state index in [1.165, 1.54) is 6.07 Å². The quantitative estimate of drug-likeness (QED) is 0.746. The number of imidazole rings is 1. The molecule has 0 fully saturated rings. The van der Waals surface area contributed by atoms with Gasteiger partial charge in [0.2, 0.25) is 0 Å². The van der Waals surface area contributed by atoms with E-state index in [1.807, 2.05) is 4.57 Å². The molecule has 0 saturated carbocycles. The van der Waals surface area contributed by atoms with Crippen LogP contribution in [0.5, 0.6) is 0 Å². The van der Waals surface area contributed by atoms with Crippen molar-refractivity contribution >= 4 is 22.6 Å². The van der Waals surface area contributed by atoms with Gasteiger partial charge in [-0.25, -0.2) is 13.8 Å². The second-order valence-corrected chi connectivity index (χ2v) is 6.41. The van der Waals surface area contributed by atoms with Gasteiger partial charge >= 0.3 is 0 Å². The molecule has 0 saturated heterocycles. The first-order chi connectivity index (χ1) is 9.26. The van der Waals surface area contributed by atoms with Crippen molar-refractivity contribution in [3.63, 3.8) is 0 Å². The largest absolute Gasteiger partial charge is 0.326 e. The van der Waals surface area contributed by atoms with Gasteiger partial charge in [0.25, 0.3) is 0 Å². The van der Waals surface area contributed by atoms with Crippen LogP contribution in [0.4, 0.5) is 8.78 Å². The topological polar surface area (TPSA) is 17.8 Å². The minimum atomic E-state index is -0.646. The normalized spacial score (nSPS) is 12.6. The van der Waals surface area contributed by atoms with Gasteiger partial charge < -0.3 is 4.57 Å². The highest BCUT2D eigenvalue weighted by molar-refractivity contribution is 6.16. The molecule has 1 aromatic heterocycles. The van der Waals surface area contributed by atoms with Gasteiger partial charge in [-0.15, -0.1) is 11.6 Å². The zero-order valence-corrected chi connectivity index (χ0v) is 12.9. The van der Waals surface area contributed by atoms with E-state index in [2.05, 4.69) is 32.7 Å². The van der Waals surface area contributed by atoms with Gasteiger partial charge in [0.05, 0.1) is 11.4 Å². The molecule has 0 aliphatic heterocycles. The molecule has 0 radical (unpaired) electrons. The molecule has 2 rings (SSSR count). The van der Waals surface area contributed by atoms with E-state index in [4.69, 9.17) is 11.6 Å². The summed E-state index contributed by atoms with van der Waals surface area (Å²) >= 11 is 5.90. The Hall–Kier alpha value is -1.16. The number of benzene rings is 1. The number of hydrogen-bond acceptors (Lipinski definition) is 1. The van der Waals surface area contributed by atoms with E-state index in [1.54, 1.807) is 0 Å². The van der Waals surface area contributed by atoms with Gasteiger partial charge in [-0.3, -0.25) is 0 Å². The van der Waals surface area contributed by atoms with Crippen LogP contribution in [0.2, 0.25) is 0 Å². The third kappa shape index (κ3) is 2.66. The van der Waals surface area contributed by atoms with Crippen LogP contribution in [0.25, 0.3) is 11.0 Å². The predicted molar refractivity (Wildman–Crippen MR) is 77.8 cm³/mol. The number of nitrogens with zero attached hydrogens (tertiary/aromatic N) is 2. The average molecular weight is 301 g/mol. The Morgan fingerprint density at radius 3 is 2.50 bits per heavy atom. The van der Waals surface area contributed by atoms with Gasteiger partial charge in [-0.2, -0.15) is 0 Å². The van der Waals surface area contributed by atoms with E-state index >= 15 is 0 Å². The molecule has 0 aliphatic carbocycles. The lowest BCUT2D eigenvalue weighted by molar-refractivity contribution is 0.211. The SMILES string of the molecule is CC(C)C(C)(C)Cn1c(CCl)nc2c(F)cc(F)cc21. The number of alkyl halides is 1. The lowest BCUT2D eigenvalue weighted by atomic mass is 9.81. The molecular formula is C15H19ClF2N2. The van der Waals surface area contributed by atoms with E-state index in [-0.39, 0.29) is 16.8 Å². The van der Waals surface area contributed by atoms with Crippen molar-refractivity contribution in [2.75, 3.05) is 0 Å². The number of fused-ring (bicyclic) bond motifs is 1. The molecule has 1 heterocycles. The Kier molecular flexibility index (Phi) is 4.05. The summed E-state index contributed by atoms with van der Waals surface area (Å²) in [5.41, 5.74) is 0.616. The first-order valence-corrected chi connectivity index (χ1v) is 7.20. The van der Waals surface area contributed by atoms with E-state index < -0.39 is 11.6 Å². The van der Waals surface area contributed by atoms with Gasteiger partial charge in [0, 0.05) is 12.6 Å². The van der Waals surface area contributed by atoms with Crippen LogP contribution in [0, 0.1) is 23.0 Å². The summed E-state index contributed by atoms with van der Waals surface area (Å²) in [6.07, 6.45) is 0. The summed E-state index contributed by atoms with van der Waals surface area (Å²) in [5, 5.41) is 0. The highest BCUT2D eigenvalue weighted by atomic mass is 35.5. The fourth-order valence-corrected chi connectivity index (χ4v) is 2.27. The Morgan fingerprint density at radius 2 is 1.95 bits per heavy atom. The highest BCUT2D eigenvalue weighted by Crippen LogP contribution is 2.31. The third-order valence-electron chi connectivity index (χ3n) is 4.10. The molecule has 0 aliphatic rings. The summed E-state index contributed by atoms with van der Waals surface area (Å²) < 4.78 is 29.1. The third-order valence-corrected chi connectivity index (χ3v) is 4.34. The van der Waals surface area contributed by atoms with Crippen molar-refractivity contribution in [3.8, 4) is 0 Å². The van der Waals surface area contributed by atoms with E-state index in [0.717, 1.165) is 6.07 Å². The molecule has 110 valence electrons. The number of aromatic nitrogens is 2. The van der Waals surface area contributed by atoms with Crippen molar-refractivity contribution in [1.82, 2.24) is 9.55 Å². The lowest BCUT2D eigenvalue weighted by Gasteiger charge is -2.30. The van der Waals surface area contributed by atoms with Crippen molar-refractivity contribution in [2.45, 2.75) is 40.1 Å². The van der Waals surface area contributed by atoms with E-state index in [9.17, 15) is 8.78 Å². The monoisotopic (exact) mass is 300 g/mol. The van der Waals surface area contributed by atoms with Gasteiger partial charge in [-0.05, 0) is 17.4 Å². The standard InChI is InChI=1S/C15H19ClF2N2/c1-9(2)15(3,4)8-20-12-6-10(17)5-11(18)14(12)19-13(20)7-16/h5-6,9H,7-8H2,1-4H3. The van der Waals surface area contributed by atoms with Crippen LogP contribution in [-0.2, 0) is 12.4 Å². The molecular weight excluding hydrogens is 282 g/mol. The van der Waals surface area contributed by atoms with Crippen molar-refractivity contribution in [3.05, 3.63) is 29.6 Å². The average Bonchev–Trinajstić information content (AvgIpc) is 2.67. The summed E-state index contributed by atoms with van der Waals surface area (Å²) in [5.74, 6) is -0.0855. The summed E-state index contributed by atoms with van der Waals surface area (Å²) in [4.78, 5) is 4.20. The molecule has 1 aromatic carbocycles. The molecule has 0 amide bonds. The van der Waals surface area contributed by atoms with Crippen molar-refractivity contribution in [1.29, 1.82) is 0 Å². The molecule has 0 unspecified atom stereocenters. The second-order valence-electron chi connectivity index (χ2n) is 6.15. The Bertz CT molecular complexity index is 632. The van der Waals surface area contributed by atoms with Crippen molar-refractivity contribution in [2.24, 2.45) is 11.3 Å². The molecule has 5 heteroatoms. The van der Waals surface area contributed by atoms with Gasteiger partial charge in [0.1, 0.15) is 17.2 Å². The van der Waals surface area contributed by atoms with Gasteiger partial charge in [0.15, 0.2) is 5.82 Å². The summed E-state index contributed by atoms with van der Waals surface area (Å²) in [7, 11) is 0. The van der Waals surface area contributed by atoms with Crippen LogP contribution < -0.4 is 0 Å². The van der Waals surface area contributed by atoms with E-state index in [0.29, 0.717) is 23.8 Å². The first-order valence-electron chi connectivity index (χ1n) is 6.66. The number of hydrogen-bond donors (Lipinski definition) is 0. The second kappa shape index (κ2) is 5.32. The smallest absolute Gasteiger partial charge is 0.153 e. The van der Waals surface area contributed by atoms with Gasteiger partial charge in [-0.1, -0.05) is 27.7 Å². The molecule has 0 N–H and O–H groups in total. The minimum absolute atomic E-state index is 0.0305. The molecule has 0 atom stereocenters. The molecule has 0 bridgehead atoms. The summed E-state index contributed by atoms with van der Waals surface area (Å²) in [6, 6.07) is 2.17. The van der Waals surface area contributed by atoms with Crippen LogP contribution in [0.3, 0.4) is 0 Å². The first kappa shape index (κ1) is 15.2. The zero-order valence-electron chi connectivity index (χ0n) is 12.2. The molecule has 2 nitrogen and oxygen atoms in total. The van der Waals surface area contributed by atoms with Crippen LogP contribution in [0.15, 0.2) is 12.1 Å². The highest BCUT2D eigenvalue weighted by Gasteiger charge is 2.26. The number of halogens is 3. The minimum Gasteiger partial charge on any atom is -0.326 e. The Balaban J connectivity index is 2.62. The van der Waals surface area contributed by atoms with Crippen molar-refractivity contribution < 1.29 is 8.78 Å².